The van der Waals surface area contributed by atoms with Crippen LogP contribution in [-0.2, 0) is 16.1 Å². The third kappa shape index (κ3) is 3.92. The van der Waals surface area contributed by atoms with Crippen molar-refractivity contribution in [1.82, 2.24) is 9.80 Å². The molecule has 1 heterocycles. The topological polar surface area (TPSA) is 49.9 Å². The molecule has 31 heavy (non-hydrogen) atoms. The Labute approximate surface area is 184 Å². The van der Waals surface area contributed by atoms with E-state index in [4.69, 9.17) is 4.74 Å². The molecule has 5 rings (SSSR count). The van der Waals surface area contributed by atoms with Crippen LogP contribution in [0.5, 0.6) is 0 Å². The molecule has 2 saturated carbocycles. The van der Waals surface area contributed by atoms with Gasteiger partial charge in [-0.1, -0.05) is 48.5 Å². The van der Waals surface area contributed by atoms with E-state index < -0.39 is 11.2 Å². The Balaban J connectivity index is 1.29. The highest BCUT2D eigenvalue weighted by Gasteiger charge is 2.63. The van der Waals surface area contributed by atoms with Crippen molar-refractivity contribution in [3.8, 4) is 0 Å². The molecule has 2 aromatic rings. The van der Waals surface area contributed by atoms with Gasteiger partial charge in [0.25, 0.3) is 11.8 Å². The molecule has 2 spiro atoms. The number of imide groups is 1. The predicted octanol–water partition coefficient (Wildman–Crippen LogP) is 4.03. The van der Waals surface area contributed by atoms with E-state index in [2.05, 4.69) is 36.2 Å². The summed E-state index contributed by atoms with van der Waals surface area (Å²) in [7, 11) is 2.19. The Bertz CT molecular complexity index is 947. The summed E-state index contributed by atoms with van der Waals surface area (Å²) in [5.41, 5.74) is 0.728. The van der Waals surface area contributed by atoms with Crippen molar-refractivity contribution in [1.29, 1.82) is 0 Å². The number of amides is 2. The summed E-state index contributed by atoms with van der Waals surface area (Å²) in [6.07, 6.45) is 5.24. The number of benzene rings is 2. The van der Waals surface area contributed by atoms with Gasteiger partial charge in [-0.05, 0) is 63.3 Å². The average Bonchev–Trinajstić information content (AvgIpc) is 3.57. The lowest BCUT2D eigenvalue weighted by molar-refractivity contribution is -0.194. The quantitative estimate of drug-likeness (QED) is 0.704. The Morgan fingerprint density at radius 1 is 1.00 bits per heavy atom. The Morgan fingerprint density at radius 2 is 1.61 bits per heavy atom. The number of carbonyl (C=O) groups is 2. The normalized spacial score (nSPS) is 27.1. The first kappa shape index (κ1) is 20.4. The van der Waals surface area contributed by atoms with Crippen molar-refractivity contribution in [2.75, 3.05) is 13.6 Å². The zero-order valence-electron chi connectivity index (χ0n) is 18.1. The summed E-state index contributed by atoms with van der Waals surface area (Å²) >= 11 is 0. The minimum Gasteiger partial charge on any atom is -0.357 e. The zero-order valence-corrected chi connectivity index (χ0v) is 18.1. The minimum atomic E-state index is -0.758. The van der Waals surface area contributed by atoms with Gasteiger partial charge in [0.15, 0.2) is 0 Å². The van der Waals surface area contributed by atoms with E-state index in [0.29, 0.717) is 18.2 Å². The molecule has 0 unspecified atom stereocenters. The lowest BCUT2D eigenvalue weighted by atomic mass is 9.79. The number of morpholine rings is 1. The molecule has 0 aromatic heterocycles. The second-order valence-electron chi connectivity index (χ2n) is 9.47. The van der Waals surface area contributed by atoms with Gasteiger partial charge in [-0.2, -0.15) is 0 Å². The van der Waals surface area contributed by atoms with Crippen LogP contribution in [-0.4, -0.2) is 52.5 Å². The fourth-order valence-electron chi connectivity index (χ4n) is 5.26. The van der Waals surface area contributed by atoms with E-state index in [1.807, 2.05) is 24.3 Å². The molecule has 5 heteroatoms. The average molecular weight is 419 g/mol. The van der Waals surface area contributed by atoms with Crippen molar-refractivity contribution in [3.63, 3.8) is 0 Å². The number of carbonyl (C=O) groups excluding carboxylic acids is 2. The van der Waals surface area contributed by atoms with E-state index in [-0.39, 0.29) is 11.8 Å². The molecule has 5 nitrogen and oxygen atoms in total. The summed E-state index contributed by atoms with van der Waals surface area (Å²) in [6.45, 7) is 1.30. The van der Waals surface area contributed by atoms with Gasteiger partial charge in [0.1, 0.15) is 5.60 Å². The van der Waals surface area contributed by atoms with Gasteiger partial charge in [-0.15, -0.1) is 0 Å². The molecular formula is C26H30N2O3. The molecule has 2 aromatic carbocycles. The van der Waals surface area contributed by atoms with E-state index in [1.54, 1.807) is 12.1 Å². The summed E-state index contributed by atoms with van der Waals surface area (Å²) in [6, 6.07) is 20.2. The first-order chi connectivity index (χ1) is 15.0. The summed E-state index contributed by atoms with van der Waals surface area (Å²) in [5.74, 6) is -0.335. The van der Waals surface area contributed by atoms with Crippen molar-refractivity contribution in [2.24, 2.45) is 0 Å². The second-order valence-corrected chi connectivity index (χ2v) is 9.47. The van der Waals surface area contributed by atoms with Crippen molar-refractivity contribution in [2.45, 2.75) is 62.3 Å². The van der Waals surface area contributed by atoms with Gasteiger partial charge in [-0.3, -0.25) is 19.4 Å². The molecule has 2 aliphatic carbocycles. The maximum Gasteiger partial charge on any atom is 0.261 e. The Hall–Kier alpha value is -2.50. The molecule has 1 aliphatic heterocycles. The third-order valence-corrected chi connectivity index (χ3v) is 7.23. The minimum absolute atomic E-state index is 0.143. The molecule has 0 atom stereocenters. The monoisotopic (exact) mass is 418 g/mol. The molecule has 3 fully saturated rings. The van der Waals surface area contributed by atoms with Crippen molar-refractivity contribution < 1.29 is 14.3 Å². The molecule has 0 bridgehead atoms. The second kappa shape index (κ2) is 7.88. The number of ether oxygens (including phenoxy) is 1. The van der Waals surface area contributed by atoms with E-state index in [0.717, 1.165) is 45.1 Å². The lowest BCUT2D eigenvalue weighted by Gasteiger charge is -2.49. The molecule has 0 radical (unpaired) electrons. The van der Waals surface area contributed by atoms with Gasteiger partial charge in [-0.25, -0.2) is 0 Å². The van der Waals surface area contributed by atoms with Gasteiger partial charge >= 0.3 is 0 Å². The van der Waals surface area contributed by atoms with Crippen molar-refractivity contribution >= 4 is 11.8 Å². The summed E-state index contributed by atoms with van der Waals surface area (Å²) in [4.78, 5) is 30.2. The third-order valence-electron chi connectivity index (χ3n) is 7.23. The summed E-state index contributed by atoms with van der Waals surface area (Å²) < 4.78 is 6.53. The van der Waals surface area contributed by atoms with E-state index in [1.165, 1.54) is 10.5 Å². The van der Waals surface area contributed by atoms with Crippen LogP contribution in [0.3, 0.4) is 0 Å². The van der Waals surface area contributed by atoms with Crippen LogP contribution < -0.4 is 0 Å². The highest BCUT2D eigenvalue weighted by Crippen LogP contribution is 2.51. The number of hydrogen-bond donors (Lipinski definition) is 0. The molecule has 162 valence electrons. The van der Waals surface area contributed by atoms with Crippen molar-refractivity contribution in [3.05, 3.63) is 71.8 Å². The maximum absolute atomic E-state index is 13.2. The number of hydrogen-bond acceptors (Lipinski definition) is 4. The van der Waals surface area contributed by atoms with Crippen LogP contribution in [0.15, 0.2) is 60.7 Å². The molecule has 1 saturated heterocycles. The molecule has 3 aliphatic rings. The van der Waals surface area contributed by atoms with Gasteiger partial charge in [0, 0.05) is 18.2 Å². The smallest absolute Gasteiger partial charge is 0.261 e. The SMILES string of the molecule is CN(Cc1ccccc1)C1CCC2(CC1)CN(C(=O)c1ccccc1)C(=O)C1(CC1)O2. The Kier molecular flexibility index (Phi) is 5.19. The number of rotatable bonds is 4. The van der Waals surface area contributed by atoms with Crippen LogP contribution in [0.1, 0.15) is 54.4 Å². The highest BCUT2D eigenvalue weighted by molar-refractivity contribution is 6.08. The first-order valence-electron chi connectivity index (χ1n) is 11.4. The van der Waals surface area contributed by atoms with Crippen LogP contribution >= 0.6 is 0 Å². The van der Waals surface area contributed by atoms with Crippen LogP contribution in [0.25, 0.3) is 0 Å². The zero-order chi connectivity index (χ0) is 21.5. The maximum atomic E-state index is 13.2. The fraction of sp³-hybridized carbons (Fsp3) is 0.462. The first-order valence-corrected chi connectivity index (χ1v) is 11.4. The van der Waals surface area contributed by atoms with Crippen LogP contribution in [0.4, 0.5) is 0 Å². The fourth-order valence-corrected chi connectivity index (χ4v) is 5.26. The molecule has 0 N–H and O–H groups in total. The molecule has 2 amide bonds. The number of nitrogens with zero attached hydrogens (tertiary/aromatic N) is 2. The van der Waals surface area contributed by atoms with Crippen LogP contribution in [0, 0.1) is 0 Å². The standard InChI is InChI=1S/C26H30N2O3/c1-27(18-20-8-4-2-5-9-20)22-12-14-25(15-13-22)19-28(24(30)26(31-25)16-17-26)23(29)21-10-6-3-7-11-21/h2-11,22H,12-19H2,1H3. The largest absolute Gasteiger partial charge is 0.357 e. The molecular weight excluding hydrogens is 388 g/mol. The van der Waals surface area contributed by atoms with E-state index in [9.17, 15) is 9.59 Å². The van der Waals surface area contributed by atoms with Crippen LogP contribution in [0.2, 0.25) is 0 Å². The summed E-state index contributed by atoms with van der Waals surface area (Å²) in [5, 5.41) is 0. The lowest BCUT2D eigenvalue weighted by Crippen LogP contribution is -2.63. The highest BCUT2D eigenvalue weighted by atomic mass is 16.5. The predicted molar refractivity (Wildman–Crippen MR) is 118 cm³/mol. The van der Waals surface area contributed by atoms with E-state index >= 15 is 0 Å². The van der Waals surface area contributed by atoms with Gasteiger partial charge in [0.2, 0.25) is 0 Å². The van der Waals surface area contributed by atoms with Gasteiger partial charge in [0.05, 0.1) is 12.1 Å². The van der Waals surface area contributed by atoms with Gasteiger partial charge < -0.3 is 4.74 Å². The Morgan fingerprint density at radius 3 is 2.23 bits per heavy atom.